The fraction of sp³-hybridized carbons (Fsp3) is 0. The van der Waals surface area contributed by atoms with Crippen molar-refractivity contribution >= 4 is 27.6 Å². The van der Waals surface area contributed by atoms with Crippen LogP contribution in [0.4, 0.5) is 6.01 Å². The first-order valence-corrected chi connectivity index (χ1v) is 4.15. The second kappa shape index (κ2) is 2.67. The number of ether oxygens (including phenoxy) is 1. The van der Waals surface area contributed by atoms with Crippen molar-refractivity contribution in [2.75, 3.05) is 5.01 Å². The molecule has 0 saturated carbocycles. The van der Waals surface area contributed by atoms with Crippen LogP contribution in [0.1, 0.15) is 0 Å². The zero-order chi connectivity index (χ0) is 8.55. The Morgan fingerprint density at radius 2 is 2.50 bits per heavy atom. The molecule has 0 bridgehead atoms. The van der Waals surface area contributed by atoms with Crippen LogP contribution in [0.2, 0.25) is 0 Å². The molecule has 0 aromatic carbocycles. The molecule has 0 spiro atoms. The number of rotatable bonds is 1. The maximum absolute atomic E-state index is 10.5. The van der Waals surface area contributed by atoms with Gasteiger partial charge >= 0.3 is 74.3 Å². The molecule has 0 aliphatic carbocycles. The zero-order valence-corrected chi connectivity index (χ0v) is 8.14. The summed E-state index contributed by atoms with van der Waals surface area (Å²) in [5.41, 5.74) is 0. The molecule has 12 heavy (non-hydrogen) atoms. The van der Waals surface area contributed by atoms with Gasteiger partial charge in [-0.15, -0.1) is 0 Å². The van der Waals surface area contributed by atoms with Gasteiger partial charge in [0.1, 0.15) is 0 Å². The van der Waals surface area contributed by atoms with Crippen molar-refractivity contribution in [2.45, 2.75) is 0 Å². The molecule has 1 N–H and O–H groups in total. The van der Waals surface area contributed by atoms with E-state index in [0.29, 0.717) is 4.69 Å². The van der Waals surface area contributed by atoms with E-state index in [-0.39, 0.29) is 6.01 Å². The third-order valence-corrected chi connectivity index (χ3v) is 1.63. The molecule has 0 fully saturated rings. The summed E-state index contributed by atoms with van der Waals surface area (Å²) < 4.78 is 10.0. The summed E-state index contributed by atoms with van der Waals surface area (Å²) >= 11 is 1.23. The van der Waals surface area contributed by atoms with E-state index in [0.717, 1.165) is 0 Å². The number of nitrogens with zero attached hydrogens (tertiary/aromatic N) is 3. The fourth-order valence-corrected chi connectivity index (χ4v) is 1.05. The number of nitrogens with one attached hydrogen (secondary N) is 1. The fourth-order valence-electron chi connectivity index (χ4n) is 0.665. The molecular formula is C4H4AsN4O3. The normalized spacial score (nSPS) is 16.1. The Kier molecular flexibility index (Phi) is 1.65. The standard InChI is InChI=1S/C4H4AsN4O3/c5-2-8-9(1-11-2)3-6-7-4(10)12-3/h1H,5H2,(H,7,10). The minimum atomic E-state index is -0.622. The van der Waals surface area contributed by atoms with E-state index in [1.807, 2.05) is 0 Å². The van der Waals surface area contributed by atoms with Crippen LogP contribution in [0.3, 0.4) is 0 Å². The van der Waals surface area contributed by atoms with Gasteiger partial charge in [0.15, 0.2) is 0 Å². The van der Waals surface area contributed by atoms with Gasteiger partial charge in [0, 0.05) is 0 Å². The molecular weight excluding hydrogens is 227 g/mol. The molecule has 1 aliphatic rings. The van der Waals surface area contributed by atoms with Gasteiger partial charge in [-0.05, 0) is 0 Å². The summed E-state index contributed by atoms with van der Waals surface area (Å²) in [4.78, 5) is 10.5. The maximum atomic E-state index is 10.5. The molecule has 63 valence electrons. The van der Waals surface area contributed by atoms with Crippen molar-refractivity contribution in [3.63, 3.8) is 0 Å². The summed E-state index contributed by atoms with van der Waals surface area (Å²) in [6.07, 6.45) is 0. The first kappa shape index (κ1) is 7.42. The van der Waals surface area contributed by atoms with Gasteiger partial charge in [-0.2, -0.15) is 0 Å². The molecule has 0 saturated heterocycles. The topological polar surface area (TPSA) is 83.7 Å². The number of aromatic amines is 1. The van der Waals surface area contributed by atoms with Gasteiger partial charge in [0.25, 0.3) is 0 Å². The van der Waals surface area contributed by atoms with Crippen LogP contribution in [0.5, 0.6) is 0 Å². The molecule has 8 heteroatoms. The van der Waals surface area contributed by atoms with Crippen molar-refractivity contribution in [3.05, 3.63) is 17.3 Å². The molecule has 1 atom stereocenters. The Hall–Kier alpha value is -1.23. The van der Waals surface area contributed by atoms with Crippen LogP contribution in [-0.2, 0) is 4.74 Å². The van der Waals surface area contributed by atoms with Gasteiger partial charge < -0.3 is 0 Å². The number of hydrazone groups is 1. The van der Waals surface area contributed by atoms with Gasteiger partial charge in [0.05, 0.1) is 0 Å². The van der Waals surface area contributed by atoms with Crippen LogP contribution in [0, 0.1) is 6.73 Å². The Labute approximate surface area is 74.9 Å². The van der Waals surface area contributed by atoms with Crippen molar-refractivity contribution in [2.24, 2.45) is 5.10 Å². The average molecular weight is 231 g/mol. The van der Waals surface area contributed by atoms with Crippen LogP contribution < -0.4 is 10.8 Å². The van der Waals surface area contributed by atoms with Gasteiger partial charge in [-0.25, -0.2) is 0 Å². The minimum absolute atomic E-state index is 0.0626. The van der Waals surface area contributed by atoms with Crippen LogP contribution in [-0.4, -0.2) is 31.7 Å². The van der Waals surface area contributed by atoms with E-state index in [1.165, 1.54) is 28.6 Å². The Balaban J connectivity index is 2.27. The Morgan fingerprint density at radius 3 is 3.00 bits per heavy atom. The molecule has 1 aromatic heterocycles. The van der Waals surface area contributed by atoms with Crippen molar-refractivity contribution < 1.29 is 9.15 Å². The summed E-state index contributed by atoms with van der Waals surface area (Å²) in [5, 5.41) is 10.7. The molecule has 1 radical (unpaired) electrons. The molecule has 0 amide bonds. The van der Waals surface area contributed by atoms with E-state index < -0.39 is 5.76 Å². The molecule has 1 aromatic rings. The summed E-state index contributed by atoms with van der Waals surface area (Å²) in [6.45, 7) is 1.30. The summed E-state index contributed by atoms with van der Waals surface area (Å²) in [6, 6.07) is 0.0626. The number of aromatic nitrogens is 2. The van der Waals surface area contributed by atoms with E-state index in [1.54, 1.807) is 0 Å². The van der Waals surface area contributed by atoms with E-state index in [9.17, 15) is 4.79 Å². The van der Waals surface area contributed by atoms with Gasteiger partial charge in [-0.1, -0.05) is 0 Å². The SMILES string of the molecule is O=c1[nH]nc(N2[CH]OC([AsH2])=N2)o1. The average Bonchev–Trinajstić information content (AvgIpc) is 2.58. The molecule has 7 nitrogen and oxygen atoms in total. The second-order valence-electron chi connectivity index (χ2n) is 1.90. The number of anilines is 1. The molecule has 1 aliphatic heterocycles. The van der Waals surface area contributed by atoms with Crippen molar-refractivity contribution in [1.29, 1.82) is 0 Å². The van der Waals surface area contributed by atoms with Crippen LogP contribution in [0.25, 0.3) is 0 Å². The molecule has 2 heterocycles. The quantitative estimate of drug-likeness (QED) is 0.578. The molecule has 1 unspecified atom stereocenters. The third kappa shape index (κ3) is 1.23. The van der Waals surface area contributed by atoms with Crippen molar-refractivity contribution in [3.8, 4) is 0 Å². The zero-order valence-electron chi connectivity index (χ0n) is 5.72. The summed E-state index contributed by atoms with van der Waals surface area (Å²) in [5.74, 6) is -0.622. The third-order valence-electron chi connectivity index (χ3n) is 1.10. The predicted octanol–water partition coefficient (Wildman–Crippen LogP) is -1.78. The first-order valence-electron chi connectivity index (χ1n) is 2.94. The number of hydrogen-bond donors (Lipinski definition) is 1. The first-order chi connectivity index (χ1) is 5.75. The second-order valence-corrected chi connectivity index (χ2v) is 2.94. The predicted molar refractivity (Wildman–Crippen MR) is 41.0 cm³/mol. The van der Waals surface area contributed by atoms with Crippen LogP contribution >= 0.6 is 0 Å². The Bertz CT molecular complexity index is 368. The van der Waals surface area contributed by atoms with E-state index >= 15 is 0 Å². The Morgan fingerprint density at radius 1 is 1.67 bits per heavy atom. The number of hydrogen-bond acceptors (Lipinski definition) is 6. The van der Waals surface area contributed by atoms with E-state index in [2.05, 4.69) is 19.7 Å². The van der Waals surface area contributed by atoms with Gasteiger partial charge in [0.2, 0.25) is 0 Å². The summed E-state index contributed by atoms with van der Waals surface area (Å²) in [7, 11) is 0. The number of H-pyrrole nitrogens is 1. The van der Waals surface area contributed by atoms with E-state index in [4.69, 9.17) is 4.74 Å². The van der Waals surface area contributed by atoms with Crippen molar-refractivity contribution in [1.82, 2.24) is 10.2 Å². The molecule has 2 rings (SSSR count). The monoisotopic (exact) mass is 231 g/mol. The van der Waals surface area contributed by atoms with Crippen LogP contribution in [0.15, 0.2) is 14.3 Å². The van der Waals surface area contributed by atoms with Gasteiger partial charge in [-0.3, -0.25) is 0 Å².